The first-order chi connectivity index (χ1) is 9.89. The molecule has 0 radical (unpaired) electrons. The number of hydrogen-bond acceptors (Lipinski definition) is 4. The molecule has 0 fully saturated rings. The minimum atomic E-state index is -0.534. The van der Waals surface area contributed by atoms with E-state index in [2.05, 4.69) is 24.2 Å². The molecule has 0 amide bonds. The van der Waals surface area contributed by atoms with Crippen molar-refractivity contribution in [2.75, 3.05) is 6.61 Å². The number of ether oxygens (including phenoxy) is 2. The van der Waals surface area contributed by atoms with E-state index in [4.69, 9.17) is 9.47 Å². The molecule has 1 heterocycles. The predicted molar refractivity (Wildman–Crippen MR) is 80.4 cm³/mol. The lowest BCUT2D eigenvalue weighted by molar-refractivity contribution is 0.0511. The van der Waals surface area contributed by atoms with Gasteiger partial charge in [-0.1, -0.05) is 25.5 Å². The van der Waals surface area contributed by atoms with E-state index in [9.17, 15) is 4.79 Å². The summed E-state index contributed by atoms with van der Waals surface area (Å²) in [5, 5.41) is 4.09. The van der Waals surface area contributed by atoms with Gasteiger partial charge in [0.25, 0.3) is 0 Å². The van der Waals surface area contributed by atoms with Gasteiger partial charge in [-0.3, -0.25) is 0 Å². The SMILES string of the molecule is CCCC1C=CC1COc1ccn(C(=O)OC(C)(C)C)n1. The van der Waals surface area contributed by atoms with Gasteiger partial charge in [0, 0.05) is 18.2 Å². The Hall–Kier alpha value is -1.78. The summed E-state index contributed by atoms with van der Waals surface area (Å²) in [6.45, 7) is 8.26. The molecule has 5 nitrogen and oxygen atoms in total. The second kappa shape index (κ2) is 6.33. The van der Waals surface area contributed by atoms with E-state index < -0.39 is 11.7 Å². The molecule has 0 spiro atoms. The summed E-state index contributed by atoms with van der Waals surface area (Å²) in [6.07, 6.45) is 7.84. The molecule has 2 rings (SSSR count). The molecule has 0 aromatic carbocycles. The van der Waals surface area contributed by atoms with Crippen LogP contribution < -0.4 is 4.74 Å². The number of carbonyl (C=O) groups is 1. The first-order valence-corrected chi connectivity index (χ1v) is 7.49. The van der Waals surface area contributed by atoms with E-state index >= 15 is 0 Å². The molecule has 0 N–H and O–H groups in total. The molecule has 1 aliphatic rings. The number of aromatic nitrogens is 2. The van der Waals surface area contributed by atoms with Crippen LogP contribution in [0.4, 0.5) is 4.79 Å². The summed E-state index contributed by atoms with van der Waals surface area (Å²) in [5.41, 5.74) is -0.534. The standard InChI is InChI=1S/C16H24N2O3/c1-5-6-12-7-8-13(12)11-20-14-9-10-18(17-14)15(19)21-16(2,3)4/h7-10,12-13H,5-6,11H2,1-4H3. The monoisotopic (exact) mass is 292 g/mol. The highest BCUT2D eigenvalue weighted by molar-refractivity contribution is 5.69. The van der Waals surface area contributed by atoms with Crippen molar-refractivity contribution in [3.63, 3.8) is 0 Å². The van der Waals surface area contributed by atoms with Crippen molar-refractivity contribution in [1.29, 1.82) is 0 Å². The van der Waals surface area contributed by atoms with E-state index in [-0.39, 0.29) is 0 Å². The second-order valence-corrected chi connectivity index (χ2v) is 6.39. The summed E-state index contributed by atoms with van der Waals surface area (Å²) in [7, 11) is 0. The number of nitrogens with zero attached hydrogens (tertiary/aromatic N) is 2. The van der Waals surface area contributed by atoms with Crippen LogP contribution in [0, 0.1) is 11.8 Å². The Morgan fingerprint density at radius 3 is 2.62 bits per heavy atom. The van der Waals surface area contributed by atoms with Crippen LogP contribution in [0.5, 0.6) is 5.88 Å². The van der Waals surface area contributed by atoms with Gasteiger partial charge in [-0.15, -0.1) is 5.10 Å². The van der Waals surface area contributed by atoms with Gasteiger partial charge in [-0.2, -0.15) is 4.68 Å². The summed E-state index contributed by atoms with van der Waals surface area (Å²) in [6, 6.07) is 1.68. The molecule has 2 unspecified atom stereocenters. The lowest BCUT2D eigenvalue weighted by Gasteiger charge is -2.28. The number of hydrogen-bond donors (Lipinski definition) is 0. The number of allylic oxidation sites excluding steroid dienone is 1. The summed E-state index contributed by atoms with van der Waals surface area (Å²) in [5.74, 6) is 1.52. The van der Waals surface area contributed by atoms with Crippen molar-refractivity contribution in [3.8, 4) is 5.88 Å². The molecule has 0 saturated carbocycles. The minimum absolute atomic E-state index is 0.455. The molecule has 5 heteroatoms. The van der Waals surface area contributed by atoms with Crippen molar-refractivity contribution in [2.45, 2.75) is 46.1 Å². The van der Waals surface area contributed by atoms with Crippen LogP contribution in [0.2, 0.25) is 0 Å². The van der Waals surface area contributed by atoms with Crippen molar-refractivity contribution in [3.05, 3.63) is 24.4 Å². The Kier molecular flexibility index (Phi) is 4.70. The molecular formula is C16H24N2O3. The highest BCUT2D eigenvalue weighted by Gasteiger charge is 2.24. The molecule has 1 aromatic heterocycles. The van der Waals surface area contributed by atoms with Gasteiger partial charge in [0.1, 0.15) is 5.60 Å². The zero-order valence-electron chi connectivity index (χ0n) is 13.2. The van der Waals surface area contributed by atoms with Gasteiger partial charge in [0.15, 0.2) is 0 Å². The van der Waals surface area contributed by atoms with Gasteiger partial charge in [0.2, 0.25) is 5.88 Å². The van der Waals surface area contributed by atoms with Gasteiger partial charge in [-0.05, 0) is 33.1 Å². The fourth-order valence-corrected chi connectivity index (χ4v) is 2.22. The van der Waals surface area contributed by atoms with Crippen LogP contribution >= 0.6 is 0 Å². The average molecular weight is 292 g/mol. The lowest BCUT2D eigenvalue weighted by Crippen LogP contribution is -2.27. The third kappa shape index (κ3) is 4.34. The van der Waals surface area contributed by atoms with Gasteiger partial charge < -0.3 is 9.47 Å². The summed E-state index contributed by atoms with van der Waals surface area (Å²) in [4.78, 5) is 11.8. The van der Waals surface area contributed by atoms with Crippen LogP contribution in [0.15, 0.2) is 24.4 Å². The Morgan fingerprint density at radius 2 is 2.05 bits per heavy atom. The third-order valence-electron chi connectivity index (χ3n) is 3.35. The van der Waals surface area contributed by atoms with Gasteiger partial charge >= 0.3 is 6.09 Å². The van der Waals surface area contributed by atoms with Crippen LogP contribution in [0.1, 0.15) is 40.5 Å². The average Bonchev–Trinajstić information content (AvgIpc) is 2.81. The van der Waals surface area contributed by atoms with E-state index in [1.54, 1.807) is 12.3 Å². The predicted octanol–water partition coefficient (Wildman–Crippen LogP) is 3.65. The van der Waals surface area contributed by atoms with Crippen molar-refractivity contribution < 1.29 is 14.3 Å². The first kappa shape index (κ1) is 15.6. The molecule has 21 heavy (non-hydrogen) atoms. The van der Waals surface area contributed by atoms with E-state index in [0.717, 1.165) is 0 Å². The molecule has 1 aromatic rings. The van der Waals surface area contributed by atoms with E-state index in [1.807, 2.05) is 20.8 Å². The Labute approximate surface area is 125 Å². The fourth-order valence-electron chi connectivity index (χ4n) is 2.22. The normalized spacial score (nSPS) is 21.0. The highest BCUT2D eigenvalue weighted by atomic mass is 16.6. The molecule has 1 aliphatic carbocycles. The fraction of sp³-hybridized carbons (Fsp3) is 0.625. The maximum Gasteiger partial charge on any atom is 0.435 e. The second-order valence-electron chi connectivity index (χ2n) is 6.39. The molecular weight excluding hydrogens is 268 g/mol. The largest absolute Gasteiger partial charge is 0.476 e. The topological polar surface area (TPSA) is 53.4 Å². The maximum absolute atomic E-state index is 11.8. The smallest absolute Gasteiger partial charge is 0.435 e. The van der Waals surface area contributed by atoms with Crippen LogP contribution in [-0.2, 0) is 4.74 Å². The number of rotatable bonds is 5. The zero-order chi connectivity index (χ0) is 15.5. The molecule has 116 valence electrons. The molecule has 0 saturated heterocycles. The van der Waals surface area contributed by atoms with Crippen LogP contribution in [-0.4, -0.2) is 28.1 Å². The number of carbonyl (C=O) groups excluding carboxylic acids is 1. The maximum atomic E-state index is 11.8. The quantitative estimate of drug-likeness (QED) is 0.777. The van der Waals surface area contributed by atoms with E-state index in [0.29, 0.717) is 24.3 Å². The molecule has 2 atom stereocenters. The van der Waals surface area contributed by atoms with Gasteiger partial charge in [-0.25, -0.2) is 4.79 Å². The summed E-state index contributed by atoms with van der Waals surface area (Å²) >= 11 is 0. The molecule has 0 bridgehead atoms. The van der Waals surface area contributed by atoms with Crippen molar-refractivity contribution in [1.82, 2.24) is 9.78 Å². The van der Waals surface area contributed by atoms with Crippen LogP contribution in [0.3, 0.4) is 0 Å². The molecule has 0 aliphatic heterocycles. The third-order valence-corrected chi connectivity index (χ3v) is 3.35. The highest BCUT2D eigenvalue weighted by Crippen LogP contribution is 2.30. The first-order valence-electron chi connectivity index (χ1n) is 7.49. The Morgan fingerprint density at radius 1 is 1.33 bits per heavy atom. The lowest BCUT2D eigenvalue weighted by atomic mass is 9.80. The Bertz CT molecular complexity index is 514. The van der Waals surface area contributed by atoms with Crippen molar-refractivity contribution >= 4 is 6.09 Å². The van der Waals surface area contributed by atoms with Crippen LogP contribution in [0.25, 0.3) is 0 Å². The summed E-state index contributed by atoms with van der Waals surface area (Å²) < 4.78 is 12.1. The van der Waals surface area contributed by atoms with Gasteiger partial charge in [0.05, 0.1) is 6.61 Å². The van der Waals surface area contributed by atoms with Crippen molar-refractivity contribution in [2.24, 2.45) is 11.8 Å². The minimum Gasteiger partial charge on any atom is -0.476 e. The zero-order valence-corrected chi connectivity index (χ0v) is 13.2. The Balaban J connectivity index is 1.84. The van der Waals surface area contributed by atoms with E-state index in [1.165, 1.54) is 17.5 Å².